The minimum absolute atomic E-state index is 0.0316. The highest BCUT2D eigenvalue weighted by Gasteiger charge is 2.05. The molecular formula is C10H12O4S. The van der Waals surface area contributed by atoms with Gasteiger partial charge in [-0.3, -0.25) is 9.00 Å². The Morgan fingerprint density at radius 2 is 1.87 bits per heavy atom. The van der Waals surface area contributed by atoms with Gasteiger partial charge in [0.25, 0.3) is 0 Å². The number of aliphatic carboxylic acids is 1. The van der Waals surface area contributed by atoms with E-state index in [0.717, 1.165) is 0 Å². The molecule has 0 saturated carbocycles. The van der Waals surface area contributed by atoms with Crippen LogP contribution in [0.25, 0.3) is 0 Å². The second-order valence-electron chi connectivity index (χ2n) is 3.04. The maximum Gasteiger partial charge on any atom is 0.303 e. The van der Waals surface area contributed by atoms with Crippen LogP contribution in [-0.4, -0.2) is 26.1 Å². The SMILES string of the molecule is O=C(O)CCCS(=O)c1ccc(O)cc1. The number of hydrogen-bond acceptors (Lipinski definition) is 3. The van der Waals surface area contributed by atoms with Crippen molar-refractivity contribution in [1.29, 1.82) is 0 Å². The highest BCUT2D eigenvalue weighted by molar-refractivity contribution is 7.85. The summed E-state index contributed by atoms with van der Waals surface area (Å²) in [5, 5.41) is 17.4. The largest absolute Gasteiger partial charge is 0.508 e. The Morgan fingerprint density at radius 3 is 2.40 bits per heavy atom. The fourth-order valence-electron chi connectivity index (χ4n) is 1.07. The third-order valence-corrected chi connectivity index (χ3v) is 3.28. The van der Waals surface area contributed by atoms with Crippen molar-refractivity contribution >= 4 is 16.8 Å². The second-order valence-corrected chi connectivity index (χ2v) is 4.61. The van der Waals surface area contributed by atoms with Crippen molar-refractivity contribution in [1.82, 2.24) is 0 Å². The first kappa shape index (κ1) is 11.7. The van der Waals surface area contributed by atoms with Crippen molar-refractivity contribution in [3.8, 4) is 5.75 Å². The molecule has 0 heterocycles. The average molecular weight is 228 g/mol. The summed E-state index contributed by atoms with van der Waals surface area (Å²) in [4.78, 5) is 10.8. The smallest absolute Gasteiger partial charge is 0.303 e. The van der Waals surface area contributed by atoms with Gasteiger partial charge in [-0.25, -0.2) is 0 Å². The molecule has 2 N–H and O–H groups in total. The molecule has 1 aromatic carbocycles. The summed E-state index contributed by atoms with van der Waals surface area (Å²) in [6, 6.07) is 6.08. The summed E-state index contributed by atoms with van der Waals surface area (Å²) in [6.07, 6.45) is 0.423. The Kier molecular flexibility index (Phi) is 4.30. The maximum atomic E-state index is 11.6. The monoisotopic (exact) mass is 228 g/mol. The standard InChI is InChI=1S/C10H12O4S/c11-8-3-5-9(6-4-8)15(14)7-1-2-10(12)13/h3-6,11H,1-2,7H2,(H,12,13). The molecule has 15 heavy (non-hydrogen) atoms. The summed E-state index contributed by atoms with van der Waals surface area (Å²) in [5.74, 6) is -0.421. The van der Waals surface area contributed by atoms with E-state index in [-0.39, 0.29) is 12.2 Å². The van der Waals surface area contributed by atoms with Crippen LogP contribution in [0, 0.1) is 0 Å². The van der Waals surface area contributed by atoms with Gasteiger partial charge in [0.05, 0.1) is 10.8 Å². The number of carboxylic acid groups (broad SMARTS) is 1. The van der Waals surface area contributed by atoms with Crippen LogP contribution in [0.3, 0.4) is 0 Å². The van der Waals surface area contributed by atoms with E-state index in [0.29, 0.717) is 17.1 Å². The molecule has 0 bridgehead atoms. The first-order chi connectivity index (χ1) is 7.09. The average Bonchev–Trinajstić information content (AvgIpc) is 2.18. The van der Waals surface area contributed by atoms with Crippen LogP contribution in [0.15, 0.2) is 29.2 Å². The molecule has 5 heteroatoms. The molecule has 1 unspecified atom stereocenters. The first-order valence-corrected chi connectivity index (χ1v) is 5.80. The van der Waals surface area contributed by atoms with Crippen molar-refractivity contribution in [2.24, 2.45) is 0 Å². The van der Waals surface area contributed by atoms with E-state index in [2.05, 4.69) is 0 Å². The lowest BCUT2D eigenvalue weighted by molar-refractivity contribution is -0.137. The van der Waals surface area contributed by atoms with Gasteiger partial charge in [-0.2, -0.15) is 0 Å². The number of phenols is 1. The van der Waals surface area contributed by atoms with Gasteiger partial charge in [-0.1, -0.05) is 0 Å². The van der Waals surface area contributed by atoms with E-state index in [9.17, 15) is 9.00 Å². The van der Waals surface area contributed by atoms with Crippen LogP contribution < -0.4 is 0 Å². The van der Waals surface area contributed by atoms with Crippen molar-refractivity contribution in [2.75, 3.05) is 5.75 Å². The molecule has 0 aliphatic heterocycles. The van der Waals surface area contributed by atoms with E-state index >= 15 is 0 Å². The number of phenolic OH excluding ortho intramolecular Hbond substituents is 1. The van der Waals surface area contributed by atoms with E-state index in [4.69, 9.17) is 10.2 Å². The molecule has 0 aliphatic carbocycles. The highest BCUT2D eigenvalue weighted by Crippen LogP contribution is 2.13. The Balaban J connectivity index is 2.47. The fraction of sp³-hybridized carbons (Fsp3) is 0.300. The van der Waals surface area contributed by atoms with E-state index < -0.39 is 16.8 Å². The van der Waals surface area contributed by atoms with Crippen molar-refractivity contribution in [2.45, 2.75) is 17.7 Å². The molecule has 0 spiro atoms. The lowest BCUT2D eigenvalue weighted by Crippen LogP contribution is -2.02. The number of hydrogen-bond donors (Lipinski definition) is 2. The summed E-state index contributed by atoms with van der Waals surface area (Å²) in [7, 11) is -1.18. The van der Waals surface area contributed by atoms with Gasteiger partial charge in [0.2, 0.25) is 0 Å². The Hall–Kier alpha value is -1.36. The van der Waals surface area contributed by atoms with Gasteiger partial charge in [0, 0.05) is 17.1 Å². The quantitative estimate of drug-likeness (QED) is 0.798. The zero-order valence-electron chi connectivity index (χ0n) is 8.05. The van der Waals surface area contributed by atoms with Gasteiger partial charge in [0.1, 0.15) is 5.75 Å². The summed E-state index contributed by atoms with van der Waals surface area (Å²) < 4.78 is 11.6. The third kappa shape index (κ3) is 4.12. The number of aromatic hydroxyl groups is 1. The molecule has 0 aromatic heterocycles. The van der Waals surface area contributed by atoms with Gasteiger partial charge >= 0.3 is 5.97 Å². The first-order valence-electron chi connectivity index (χ1n) is 4.49. The predicted octanol–water partition coefficient (Wildman–Crippen LogP) is 1.36. The van der Waals surface area contributed by atoms with Crippen LogP contribution in [0.5, 0.6) is 5.75 Å². The third-order valence-electron chi connectivity index (χ3n) is 1.82. The van der Waals surface area contributed by atoms with Gasteiger partial charge in [-0.05, 0) is 30.7 Å². The van der Waals surface area contributed by atoms with Crippen molar-refractivity contribution in [3.05, 3.63) is 24.3 Å². The van der Waals surface area contributed by atoms with Gasteiger partial charge < -0.3 is 10.2 Å². The minimum atomic E-state index is -1.18. The lowest BCUT2D eigenvalue weighted by Gasteiger charge is -2.01. The predicted molar refractivity (Wildman–Crippen MR) is 56.3 cm³/mol. The molecule has 0 fully saturated rings. The van der Waals surface area contributed by atoms with Crippen LogP contribution in [0.1, 0.15) is 12.8 Å². The van der Waals surface area contributed by atoms with E-state index in [1.807, 2.05) is 0 Å². The molecule has 1 atom stereocenters. The topological polar surface area (TPSA) is 74.6 Å². The van der Waals surface area contributed by atoms with E-state index in [1.54, 1.807) is 12.1 Å². The zero-order valence-corrected chi connectivity index (χ0v) is 8.87. The van der Waals surface area contributed by atoms with Gasteiger partial charge in [-0.15, -0.1) is 0 Å². The van der Waals surface area contributed by atoms with Crippen molar-refractivity contribution < 1.29 is 19.2 Å². The number of rotatable bonds is 5. The second kappa shape index (κ2) is 5.50. The molecule has 4 nitrogen and oxygen atoms in total. The van der Waals surface area contributed by atoms with Crippen LogP contribution in [0.2, 0.25) is 0 Å². The molecule has 0 aliphatic rings. The summed E-state index contributed by atoms with van der Waals surface area (Å²) in [5.41, 5.74) is 0. The lowest BCUT2D eigenvalue weighted by atomic mass is 10.3. The van der Waals surface area contributed by atoms with Gasteiger partial charge in [0.15, 0.2) is 0 Å². The van der Waals surface area contributed by atoms with Crippen LogP contribution in [-0.2, 0) is 15.6 Å². The highest BCUT2D eigenvalue weighted by atomic mass is 32.2. The van der Waals surface area contributed by atoms with Crippen molar-refractivity contribution in [3.63, 3.8) is 0 Å². The molecule has 0 radical (unpaired) electrons. The Labute approximate surface area is 90.0 Å². The molecule has 82 valence electrons. The molecular weight excluding hydrogens is 216 g/mol. The zero-order chi connectivity index (χ0) is 11.3. The molecule has 1 aromatic rings. The molecule has 1 rings (SSSR count). The summed E-state index contributed by atoms with van der Waals surface area (Å²) >= 11 is 0. The fourth-order valence-corrected chi connectivity index (χ4v) is 2.15. The normalized spacial score (nSPS) is 12.3. The summed E-state index contributed by atoms with van der Waals surface area (Å²) in [6.45, 7) is 0. The Bertz CT molecular complexity index is 358. The Morgan fingerprint density at radius 1 is 1.27 bits per heavy atom. The maximum absolute atomic E-state index is 11.6. The van der Waals surface area contributed by atoms with E-state index in [1.165, 1.54) is 12.1 Å². The number of benzene rings is 1. The molecule has 0 amide bonds. The molecule has 0 saturated heterocycles. The minimum Gasteiger partial charge on any atom is -0.508 e. The number of carboxylic acids is 1. The van der Waals surface area contributed by atoms with Crippen LogP contribution in [0.4, 0.5) is 0 Å². The van der Waals surface area contributed by atoms with Crippen LogP contribution >= 0.6 is 0 Å². The number of carbonyl (C=O) groups is 1.